The summed E-state index contributed by atoms with van der Waals surface area (Å²) in [6.45, 7) is 3.92. The van der Waals surface area contributed by atoms with Crippen LogP contribution in [0.2, 0.25) is 0 Å². The van der Waals surface area contributed by atoms with E-state index < -0.39 is 0 Å². The minimum absolute atomic E-state index is 0.268. The molecule has 0 N–H and O–H groups in total. The number of rotatable bonds is 6. The lowest BCUT2D eigenvalue weighted by Crippen LogP contribution is -2.17. The predicted octanol–water partition coefficient (Wildman–Crippen LogP) is 1.27. The molecule has 22 heavy (non-hydrogen) atoms. The van der Waals surface area contributed by atoms with E-state index in [2.05, 4.69) is 15.3 Å². The maximum atomic E-state index is 11.7. The minimum atomic E-state index is -0.355. The Morgan fingerprint density at radius 1 is 1.41 bits per heavy atom. The Kier molecular flexibility index (Phi) is 5.07. The summed E-state index contributed by atoms with van der Waals surface area (Å²) in [5.41, 5.74) is 0.746. The molecule has 0 aliphatic rings. The standard InChI is InChI=1S/C13H19N5O3S/c1-6-21-12(19)8(2)22-13-15-14-10(18(13)4)9-7-17(3)16-11(9)20-5/h7-8H,6H2,1-5H3/t8-/m1/s1. The summed E-state index contributed by atoms with van der Waals surface area (Å²) in [5, 5.41) is 12.8. The van der Waals surface area contributed by atoms with Crippen molar-refractivity contribution >= 4 is 17.7 Å². The summed E-state index contributed by atoms with van der Waals surface area (Å²) in [6.07, 6.45) is 1.81. The number of aromatic nitrogens is 5. The van der Waals surface area contributed by atoms with Crippen LogP contribution < -0.4 is 4.74 Å². The molecule has 2 rings (SSSR count). The van der Waals surface area contributed by atoms with Gasteiger partial charge in [0.05, 0.1) is 13.7 Å². The van der Waals surface area contributed by atoms with E-state index in [4.69, 9.17) is 9.47 Å². The third kappa shape index (κ3) is 3.24. The molecule has 2 aromatic heterocycles. The lowest BCUT2D eigenvalue weighted by molar-refractivity contribution is -0.142. The van der Waals surface area contributed by atoms with Crippen molar-refractivity contribution in [1.82, 2.24) is 24.5 Å². The van der Waals surface area contributed by atoms with Gasteiger partial charge in [-0.1, -0.05) is 11.8 Å². The first kappa shape index (κ1) is 16.3. The second kappa shape index (κ2) is 6.82. The Labute approximate surface area is 132 Å². The van der Waals surface area contributed by atoms with Crippen LogP contribution in [0, 0.1) is 0 Å². The second-order valence-electron chi connectivity index (χ2n) is 4.60. The molecule has 1 atom stereocenters. The third-order valence-corrected chi connectivity index (χ3v) is 4.08. The zero-order chi connectivity index (χ0) is 16.3. The Morgan fingerprint density at radius 3 is 2.77 bits per heavy atom. The molecule has 0 unspecified atom stereocenters. The summed E-state index contributed by atoms with van der Waals surface area (Å²) < 4.78 is 13.7. The number of ether oxygens (including phenoxy) is 2. The van der Waals surface area contributed by atoms with Gasteiger partial charge in [0.15, 0.2) is 11.0 Å². The van der Waals surface area contributed by atoms with Gasteiger partial charge < -0.3 is 14.0 Å². The van der Waals surface area contributed by atoms with E-state index in [9.17, 15) is 4.79 Å². The molecule has 0 spiro atoms. The Hall–Kier alpha value is -2.03. The van der Waals surface area contributed by atoms with Crippen molar-refractivity contribution in [3.05, 3.63) is 6.20 Å². The minimum Gasteiger partial charge on any atom is -0.479 e. The van der Waals surface area contributed by atoms with Crippen LogP contribution in [0.15, 0.2) is 11.4 Å². The zero-order valence-electron chi connectivity index (χ0n) is 13.2. The van der Waals surface area contributed by atoms with Gasteiger partial charge in [0.2, 0.25) is 5.88 Å². The first-order valence-electron chi connectivity index (χ1n) is 6.78. The van der Waals surface area contributed by atoms with E-state index in [-0.39, 0.29) is 11.2 Å². The van der Waals surface area contributed by atoms with Crippen molar-refractivity contribution < 1.29 is 14.3 Å². The van der Waals surface area contributed by atoms with Gasteiger partial charge in [-0.3, -0.25) is 9.48 Å². The molecule has 0 aliphatic heterocycles. The maximum absolute atomic E-state index is 11.7. The molecule has 120 valence electrons. The number of hydrogen-bond donors (Lipinski definition) is 0. The fourth-order valence-corrected chi connectivity index (χ4v) is 2.70. The number of methoxy groups -OCH3 is 1. The molecule has 0 bridgehead atoms. The van der Waals surface area contributed by atoms with E-state index in [0.29, 0.717) is 23.5 Å². The van der Waals surface area contributed by atoms with Gasteiger partial charge in [0.25, 0.3) is 0 Å². The molecule has 2 aromatic rings. The highest BCUT2D eigenvalue weighted by atomic mass is 32.2. The smallest absolute Gasteiger partial charge is 0.319 e. The predicted molar refractivity (Wildman–Crippen MR) is 81.7 cm³/mol. The van der Waals surface area contributed by atoms with Crippen molar-refractivity contribution in [1.29, 1.82) is 0 Å². The van der Waals surface area contributed by atoms with Gasteiger partial charge in [-0.05, 0) is 13.8 Å². The summed E-state index contributed by atoms with van der Waals surface area (Å²) in [5.74, 6) is 0.840. The van der Waals surface area contributed by atoms with Crippen molar-refractivity contribution in [3.63, 3.8) is 0 Å². The molecular formula is C13H19N5O3S. The van der Waals surface area contributed by atoms with Gasteiger partial charge >= 0.3 is 5.97 Å². The molecule has 2 heterocycles. The second-order valence-corrected chi connectivity index (χ2v) is 5.91. The van der Waals surface area contributed by atoms with Crippen molar-refractivity contribution in [3.8, 4) is 17.3 Å². The molecule has 0 aliphatic carbocycles. The van der Waals surface area contributed by atoms with Crippen molar-refractivity contribution in [2.75, 3.05) is 13.7 Å². The molecule has 0 amide bonds. The number of thioether (sulfide) groups is 1. The van der Waals surface area contributed by atoms with Crippen LogP contribution in [0.25, 0.3) is 11.4 Å². The summed E-state index contributed by atoms with van der Waals surface area (Å²) >= 11 is 1.30. The summed E-state index contributed by atoms with van der Waals surface area (Å²) in [4.78, 5) is 11.7. The van der Waals surface area contributed by atoms with Crippen LogP contribution in [0.1, 0.15) is 13.8 Å². The number of carbonyl (C=O) groups excluding carboxylic acids is 1. The summed E-state index contributed by atoms with van der Waals surface area (Å²) in [6, 6.07) is 0. The van der Waals surface area contributed by atoms with Crippen LogP contribution in [0.3, 0.4) is 0 Å². The fraction of sp³-hybridized carbons (Fsp3) is 0.538. The highest BCUT2D eigenvalue weighted by molar-refractivity contribution is 8.00. The third-order valence-electron chi connectivity index (χ3n) is 2.96. The number of carbonyl (C=O) groups is 1. The largest absolute Gasteiger partial charge is 0.479 e. The van der Waals surface area contributed by atoms with E-state index in [1.807, 2.05) is 13.2 Å². The Balaban J connectivity index is 2.24. The zero-order valence-corrected chi connectivity index (χ0v) is 14.0. The van der Waals surface area contributed by atoms with Gasteiger partial charge in [-0.15, -0.1) is 15.3 Å². The van der Waals surface area contributed by atoms with E-state index >= 15 is 0 Å². The van der Waals surface area contributed by atoms with E-state index in [1.165, 1.54) is 11.8 Å². The molecule has 0 saturated carbocycles. The topological polar surface area (TPSA) is 84.1 Å². The Bertz CT molecular complexity index is 667. The quantitative estimate of drug-likeness (QED) is 0.584. The van der Waals surface area contributed by atoms with Crippen LogP contribution in [0.4, 0.5) is 0 Å². The lowest BCUT2D eigenvalue weighted by Gasteiger charge is -2.09. The Morgan fingerprint density at radius 2 is 2.14 bits per heavy atom. The molecule has 0 saturated heterocycles. The monoisotopic (exact) mass is 325 g/mol. The van der Waals surface area contributed by atoms with Crippen LogP contribution in [0.5, 0.6) is 5.88 Å². The van der Waals surface area contributed by atoms with Crippen molar-refractivity contribution in [2.45, 2.75) is 24.3 Å². The van der Waals surface area contributed by atoms with Gasteiger partial charge in [0, 0.05) is 20.3 Å². The molecular weight excluding hydrogens is 306 g/mol. The SMILES string of the molecule is CCOC(=O)[C@@H](C)Sc1nnc(-c2cn(C)nc2OC)n1C. The number of hydrogen-bond acceptors (Lipinski definition) is 7. The molecule has 0 aromatic carbocycles. The lowest BCUT2D eigenvalue weighted by atomic mass is 10.3. The van der Waals surface area contributed by atoms with Crippen LogP contribution >= 0.6 is 11.8 Å². The highest BCUT2D eigenvalue weighted by Gasteiger charge is 2.22. The molecule has 9 heteroatoms. The van der Waals surface area contributed by atoms with E-state index in [0.717, 1.165) is 5.56 Å². The fourth-order valence-electron chi connectivity index (χ4n) is 1.89. The van der Waals surface area contributed by atoms with Crippen LogP contribution in [-0.4, -0.2) is 49.5 Å². The number of aryl methyl sites for hydroxylation is 1. The number of nitrogens with zero attached hydrogens (tertiary/aromatic N) is 5. The maximum Gasteiger partial charge on any atom is 0.319 e. The van der Waals surface area contributed by atoms with Gasteiger partial charge in [-0.25, -0.2) is 0 Å². The average Bonchev–Trinajstić information content (AvgIpc) is 3.02. The van der Waals surface area contributed by atoms with Crippen LogP contribution in [-0.2, 0) is 23.6 Å². The average molecular weight is 325 g/mol. The highest BCUT2D eigenvalue weighted by Crippen LogP contribution is 2.30. The van der Waals surface area contributed by atoms with Gasteiger partial charge in [0.1, 0.15) is 10.8 Å². The molecule has 8 nitrogen and oxygen atoms in total. The van der Waals surface area contributed by atoms with Gasteiger partial charge in [-0.2, -0.15) is 0 Å². The first-order chi connectivity index (χ1) is 10.5. The molecule has 0 radical (unpaired) electrons. The van der Waals surface area contributed by atoms with Crippen molar-refractivity contribution in [2.24, 2.45) is 14.1 Å². The number of esters is 1. The first-order valence-corrected chi connectivity index (χ1v) is 7.66. The normalized spacial score (nSPS) is 12.2. The summed E-state index contributed by atoms with van der Waals surface area (Å²) in [7, 11) is 5.20. The van der Waals surface area contributed by atoms with E-state index in [1.54, 1.807) is 37.3 Å². The molecule has 0 fully saturated rings.